The number of halogens is 1. The van der Waals surface area contributed by atoms with Crippen molar-refractivity contribution in [1.82, 2.24) is 0 Å². The van der Waals surface area contributed by atoms with Crippen molar-refractivity contribution in [3.05, 3.63) is 30.1 Å². The molecule has 0 radical (unpaired) electrons. The summed E-state index contributed by atoms with van der Waals surface area (Å²) < 4.78 is 18.6. The van der Waals surface area contributed by atoms with Gasteiger partial charge in [0.05, 0.1) is 12.8 Å². The molecular formula is C14H18FNO2. The fraction of sp³-hybridized carbons (Fsp3) is 0.500. The summed E-state index contributed by atoms with van der Waals surface area (Å²) in [6.07, 6.45) is 2.56. The third-order valence-electron chi connectivity index (χ3n) is 3.83. The molecule has 1 N–H and O–H groups in total. The van der Waals surface area contributed by atoms with Crippen LogP contribution in [-0.2, 0) is 9.53 Å². The molecule has 3 nitrogen and oxygen atoms in total. The Morgan fingerprint density at radius 3 is 2.78 bits per heavy atom. The molecule has 1 aliphatic rings. The molecule has 0 amide bonds. The van der Waals surface area contributed by atoms with Crippen molar-refractivity contribution in [1.29, 1.82) is 0 Å². The van der Waals surface area contributed by atoms with E-state index in [1.807, 2.05) is 6.92 Å². The number of carbonyl (C=O) groups is 1. The molecule has 4 heteroatoms. The van der Waals surface area contributed by atoms with Crippen LogP contribution in [-0.4, -0.2) is 18.6 Å². The molecule has 1 saturated carbocycles. The van der Waals surface area contributed by atoms with E-state index in [2.05, 4.69) is 5.32 Å². The first-order valence-corrected chi connectivity index (χ1v) is 6.21. The highest BCUT2D eigenvalue weighted by Crippen LogP contribution is 2.39. The first kappa shape index (κ1) is 12.9. The second-order valence-corrected chi connectivity index (χ2v) is 4.86. The number of anilines is 1. The van der Waals surface area contributed by atoms with Gasteiger partial charge in [-0.25, -0.2) is 9.18 Å². The van der Waals surface area contributed by atoms with Gasteiger partial charge in [-0.2, -0.15) is 0 Å². The van der Waals surface area contributed by atoms with Crippen LogP contribution in [0.5, 0.6) is 0 Å². The number of rotatable bonds is 3. The zero-order valence-electron chi connectivity index (χ0n) is 10.7. The van der Waals surface area contributed by atoms with Gasteiger partial charge < -0.3 is 10.1 Å². The van der Waals surface area contributed by atoms with Gasteiger partial charge in [0.15, 0.2) is 0 Å². The fourth-order valence-corrected chi connectivity index (χ4v) is 2.70. The van der Waals surface area contributed by atoms with Crippen molar-refractivity contribution in [3.63, 3.8) is 0 Å². The predicted molar refractivity (Wildman–Crippen MR) is 67.8 cm³/mol. The summed E-state index contributed by atoms with van der Waals surface area (Å²) in [4.78, 5) is 12.1. The summed E-state index contributed by atoms with van der Waals surface area (Å²) in [6.45, 7) is 2.00. The second kappa shape index (κ2) is 4.96. The molecule has 18 heavy (non-hydrogen) atoms. The summed E-state index contributed by atoms with van der Waals surface area (Å²) in [6, 6.07) is 6.40. The molecule has 0 aliphatic heterocycles. The number of hydrogen-bond donors (Lipinski definition) is 1. The highest BCUT2D eigenvalue weighted by Gasteiger charge is 2.48. The van der Waals surface area contributed by atoms with Crippen LogP contribution in [0.1, 0.15) is 26.2 Å². The smallest absolute Gasteiger partial charge is 0.331 e. The Labute approximate surface area is 106 Å². The summed E-state index contributed by atoms with van der Waals surface area (Å²) in [5.74, 6) is -0.528. The van der Waals surface area contributed by atoms with Gasteiger partial charge in [0.2, 0.25) is 0 Å². The maximum Gasteiger partial charge on any atom is 0.331 e. The topological polar surface area (TPSA) is 38.3 Å². The molecule has 1 aromatic rings. The van der Waals surface area contributed by atoms with E-state index in [0.29, 0.717) is 12.1 Å². The molecule has 1 fully saturated rings. The second-order valence-electron chi connectivity index (χ2n) is 4.86. The van der Waals surface area contributed by atoms with Crippen molar-refractivity contribution in [2.75, 3.05) is 12.4 Å². The molecule has 98 valence electrons. The van der Waals surface area contributed by atoms with E-state index < -0.39 is 5.54 Å². The van der Waals surface area contributed by atoms with Crippen molar-refractivity contribution in [2.45, 2.75) is 31.7 Å². The number of esters is 1. The van der Waals surface area contributed by atoms with Gasteiger partial charge in [-0.15, -0.1) is 0 Å². The average Bonchev–Trinajstić information content (AvgIpc) is 2.74. The Kier molecular flexibility index (Phi) is 3.55. The zero-order chi connectivity index (χ0) is 13.2. The molecule has 1 aliphatic carbocycles. The number of benzene rings is 1. The molecule has 1 aromatic carbocycles. The summed E-state index contributed by atoms with van der Waals surface area (Å²) in [5.41, 5.74) is -0.437. The quantitative estimate of drug-likeness (QED) is 0.839. The largest absolute Gasteiger partial charge is 0.467 e. The van der Waals surface area contributed by atoms with Gasteiger partial charge >= 0.3 is 5.97 Å². The standard InChI is InChI=1S/C14H18FNO2/c1-10-6-5-9-14(10,13(17)18-2)16-12-8-4-3-7-11(12)15/h3-4,7-8,10,16H,5-6,9H2,1-2H3. The Hall–Kier alpha value is -1.58. The van der Waals surface area contributed by atoms with Crippen molar-refractivity contribution in [2.24, 2.45) is 5.92 Å². The average molecular weight is 251 g/mol. The molecule has 0 saturated heterocycles. The van der Waals surface area contributed by atoms with E-state index in [9.17, 15) is 9.18 Å². The van der Waals surface area contributed by atoms with E-state index in [0.717, 1.165) is 12.8 Å². The van der Waals surface area contributed by atoms with Crippen molar-refractivity contribution >= 4 is 11.7 Å². The normalized spacial score (nSPS) is 26.9. The maximum absolute atomic E-state index is 13.7. The minimum atomic E-state index is -0.795. The SMILES string of the molecule is COC(=O)C1(Nc2ccccc2F)CCCC1C. The maximum atomic E-state index is 13.7. The lowest BCUT2D eigenvalue weighted by Crippen LogP contribution is -2.49. The van der Waals surface area contributed by atoms with Crippen LogP contribution in [0.3, 0.4) is 0 Å². The van der Waals surface area contributed by atoms with Gasteiger partial charge in [-0.05, 0) is 30.9 Å². The molecule has 0 aromatic heterocycles. The minimum absolute atomic E-state index is 0.129. The van der Waals surface area contributed by atoms with Gasteiger partial charge in [-0.1, -0.05) is 25.5 Å². The van der Waals surface area contributed by atoms with Gasteiger partial charge in [0.1, 0.15) is 11.4 Å². The Morgan fingerprint density at radius 1 is 1.50 bits per heavy atom. The van der Waals surface area contributed by atoms with E-state index in [4.69, 9.17) is 4.74 Å². The van der Waals surface area contributed by atoms with Gasteiger partial charge in [0.25, 0.3) is 0 Å². The third kappa shape index (κ3) is 2.07. The van der Waals surface area contributed by atoms with Crippen LogP contribution in [0, 0.1) is 11.7 Å². The van der Waals surface area contributed by atoms with Gasteiger partial charge in [0, 0.05) is 0 Å². The number of nitrogens with one attached hydrogen (secondary N) is 1. The molecule has 2 rings (SSSR count). The first-order chi connectivity index (χ1) is 8.60. The Balaban J connectivity index is 2.32. The fourth-order valence-electron chi connectivity index (χ4n) is 2.70. The van der Waals surface area contributed by atoms with E-state index in [-0.39, 0.29) is 17.7 Å². The first-order valence-electron chi connectivity index (χ1n) is 6.21. The van der Waals surface area contributed by atoms with Crippen LogP contribution in [0.15, 0.2) is 24.3 Å². The number of ether oxygens (including phenoxy) is 1. The van der Waals surface area contributed by atoms with Crippen LogP contribution in [0.25, 0.3) is 0 Å². The highest BCUT2D eigenvalue weighted by atomic mass is 19.1. The highest BCUT2D eigenvalue weighted by molar-refractivity contribution is 5.85. The number of hydrogen-bond acceptors (Lipinski definition) is 3. The van der Waals surface area contributed by atoms with E-state index in [1.165, 1.54) is 13.2 Å². The summed E-state index contributed by atoms with van der Waals surface area (Å²) >= 11 is 0. The van der Waals surface area contributed by atoms with Crippen LogP contribution in [0.2, 0.25) is 0 Å². The number of carbonyl (C=O) groups excluding carboxylic acids is 1. The number of methoxy groups -OCH3 is 1. The van der Waals surface area contributed by atoms with Crippen LogP contribution in [0.4, 0.5) is 10.1 Å². The predicted octanol–water partition coefficient (Wildman–Crippen LogP) is 2.97. The molecular weight excluding hydrogens is 233 g/mol. The van der Waals surface area contributed by atoms with Crippen molar-refractivity contribution in [3.8, 4) is 0 Å². The Bertz CT molecular complexity index is 449. The number of para-hydroxylation sites is 1. The molecule has 0 heterocycles. The summed E-state index contributed by atoms with van der Waals surface area (Å²) in [5, 5.41) is 3.07. The Morgan fingerprint density at radius 2 is 2.22 bits per heavy atom. The van der Waals surface area contributed by atoms with E-state index >= 15 is 0 Å². The molecule has 2 atom stereocenters. The van der Waals surface area contributed by atoms with Crippen LogP contribution >= 0.6 is 0 Å². The molecule has 0 bridgehead atoms. The lowest BCUT2D eigenvalue weighted by molar-refractivity contribution is -0.147. The van der Waals surface area contributed by atoms with Crippen LogP contribution < -0.4 is 5.32 Å². The zero-order valence-corrected chi connectivity index (χ0v) is 10.7. The van der Waals surface area contributed by atoms with Crippen molar-refractivity contribution < 1.29 is 13.9 Å². The molecule has 2 unspecified atom stereocenters. The third-order valence-corrected chi connectivity index (χ3v) is 3.83. The van der Waals surface area contributed by atoms with E-state index in [1.54, 1.807) is 18.2 Å². The monoisotopic (exact) mass is 251 g/mol. The minimum Gasteiger partial charge on any atom is -0.467 e. The van der Waals surface area contributed by atoms with Gasteiger partial charge in [-0.3, -0.25) is 0 Å². The molecule has 0 spiro atoms. The lowest BCUT2D eigenvalue weighted by atomic mass is 9.88. The lowest BCUT2D eigenvalue weighted by Gasteiger charge is -2.33. The summed E-state index contributed by atoms with van der Waals surface area (Å²) in [7, 11) is 1.37.